The monoisotopic (exact) mass is 343 g/mol. The lowest BCUT2D eigenvalue weighted by molar-refractivity contribution is -0.134. The summed E-state index contributed by atoms with van der Waals surface area (Å²) in [4.78, 5) is 35.8. The predicted octanol–water partition coefficient (Wildman–Crippen LogP) is 3.11. The molecular weight excluding hydrogens is 330 g/mol. The third kappa shape index (κ3) is 3.55. The minimum Gasteiger partial charge on any atom is -0.331 e. The quantitative estimate of drug-likeness (QED) is 0.732. The van der Waals surface area contributed by atoms with Crippen LogP contribution in [0.3, 0.4) is 0 Å². The first-order valence-electron chi connectivity index (χ1n) is 7.29. The van der Waals surface area contributed by atoms with Crippen molar-refractivity contribution in [2.24, 2.45) is 0 Å². The van der Waals surface area contributed by atoms with Crippen LogP contribution >= 0.6 is 11.6 Å². The summed E-state index contributed by atoms with van der Waals surface area (Å²) in [6.45, 7) is 0. The van der Waals surface area contributed by atoms with E-state index in [9.17, 15) is 14.4 Å². The molecule has 24 heavy (non-hydrogen) atoms. The molecule has 0 fully saturated rings. The number of anilines is 2. The van der Waals surface area contributed by atoms with Crippen molar-refractivity contribution in [2.45, 2.75) is 12.5 Å². The normalized spacial score (nSPS) is 16.6. The SMILES string of the molecule is O=C(Nc1ccc(Cl)cc1)NC1CC(=O)C(=O)Nc2ccccc21. The van der Waals surface area contributed by atoms with E-state index >= 15 is 0 Å². The van der Waals surface area contributed by atoms with Crippen molar-refractivity contribution >= 4 is 40.7 Å². The van der Waals surface area contributed by atoms with Gasteiger partial charge in [0, 0.05) is 22.8 Å². The summed E-state index contributed by atoms with van der Waals surface area (Å²) in [5.41, 5.74) is 1.77. The molecule has 1 unspecified atom stereocenters. The van der Waals surface area contributed by atoms with Gasteiger partial charge in [-0.3, -0.25) is 9.59 Å². The molecule has 0 radical (unpaired) electrons. The average Bonchev–Trinajstić information content (AvgIpc) is 2.67. The molecule has 0 spiro atoms. The topological polar surface area (TPSA) is 87.3 Å². The Hall–Kier alpha value is -2.86. The number of benzene rings is 2. The summed E-state index contributed by atoms with van der Waals surface area (Å²) in [5, 5.41) is 8.52. The van der Waals surface area contributed by atoms with Crippen LogP contribution in [0.15, 0.2) is 48.5 Å². The summed E-state index contributed by atoms with van der Waals surface area (Å²) in [7, 11) is 0. The molecule has 0 saturated carbocycles. The molecule has 6 nitrogen and oxygen atoms in total. The minimum atomic E-state index is -0.676. The van der Waals surface area contributed by atoms with Gasteiger partial charge in [-0.15, -0.1) is 0 Å². The molecule has 0 aromatic heterocycles. The predicted molar refractivity (Wildman–Crippen MR) is 91.0 cm³/mol. The van der Waals surface area contributed by atoms with Crippen LogP contribution < -0.4 is 16.0 Å². The van der Waals surface area contributed by atoms with Gasteiger partial charge in [-0.1, -0.05) is 29.8 Å². The van der Waals surface area contributed by atoms with Crippen LogP contribution in [0.2, 0.25) is 5.02 Å². The Kier molecular flexibility index (Phi) is 4.48. The van der Waals surface area contributed by atoms with E-state index in [0.29, 0.717) is 22.0 Å². The van der Waals surface area contributed by atoms with Crippen LogP contribution in [0.25, 0.3) is 0 Å². The van der Waals surface area contributed by atoms with Crippen LogP contribution in [0.4, 0.5) is 16.2 Å². The number of urea groups is 1. The Balaban J connectivity index is 1.77. The van der Waals surface area contributed by atoms with E-state index in [4.69, 9.17) is 11.6 Å². The first-order valence-corrected chi connectivity index (χ1v) is 7.67. The smallest absolute Gasteiger partial charge is 0.319 e. The molecule has 122 valence electrons. The van der Waals surface area contributed by atoms with Gasteiger partial charge in [0.15, 0.2) is 0 Å². The summed E-state index contributed by atoms with van der Waals surface area (Å²) in [6, 6.07) is 12.6. The number of fused-ring (bicyclic) bond motifs is 1. The maximum absolute atomic E-state index is 12.2. The number of hydrogen-bond acceptors (Lipinski definition) is 3. The molecule has 1 atom stereocenters. The lowest BCUT2D eigenvalue weighted by atomic mass is 10.0. The fraction of sp³-hybridized carbons (Fsp3) is 0.118. The molecular formula is C17H14ClN3O3. The molecule has 0 saturated heterocycles. The highest BCUT2D eigenvalue weighted by molar-refractivity contribution is 6.41. The van der Waals surface area contributed by atoms with Crippen LogP contribution in [0.5, 0.6) is 0 Å². The lowest BCUT2D eigenvalue weighted by Crippen LogP contribution is -2.34. The summed E-state index contributed by atoms with van der Waals surface area (Å²) in [5.74, 6) is -1.26. The average molecular weight is 344 g/mol. The van der Waals surface area contributed by atoms with Crippen molar-refractivity contribution in [3.8, 4) is 0 Å². The molecule has 1 aliphatic rings. The molecule has 3 rings (SSSR count). The van der Waals surface area contributed by atoms with Crippen molar-refractivity contribution in [1.82, 2.24) is 5.32 Å². The van der Waals surface area contributed by atoms with Gasteiger partial charge in [0.2, 0.25) is 5.78 Å². The van der Waals surface area contributed by atoms with Crippen molar-refractivity contribution in [1.29, 1.82) is 0 Å². The Bertz CT molecular complexity index is 805. The minimum absolute atomic E-state index is 0.100. The van der Waals surface area contributed by atoms with Crippen LogP contribution in [0.1, 0.15) is 18.0 Å². The molecule has 3 N–H and O–H groups in total. The van der Waals surface area contributed by atoms with Crippen LogP contribution in [0, 0.1) is 0 Å². The van der Waals surface area contributed by atoms with Gasteiger partial charge in [-0.2, -0.15) is 0 Å². The van der Waals surface area contributed by atoms with Gasteiger partial charge in [0.05, 0.1) is 6.04 Å². The number of rotatable bonds is 2. The molecule has 2 aromatic rings. The van der Waals surface area contributed by atoms with E-state index in [2.05, 4.69) is 16.0 Å². The molecule has 0 bridgehead atoms. The van der Waals surface area contributed by atoms with Crippen molar-refractivity contribution in [3.63, 3.8) is 0 Å². The highest BCUT2D eigenvalue weighted by Gasteiger charge is 2.28. The van der Waals surface area contributed by atoms with Gasteiger partial charge >= 0.3 is 6.03 Å². The largest absolute Gasteiger partial charge is 0.331 e. The maximum Gasteiger partial charge on any atom is 0.319 e. The number of ketones is 1. The molecule has 1 aliphatic heterocycles. The van der Waals surface area contributed by atoms with Crippen molar-refractivity contribution in [3.05, 3.63) is 59.1 Å². The Morgan fingerprint density at radius 3 is 2.54 bits per heavy atom. The van der Waals surface area contributed by atoms with Crippen LogP contribution in [-0.4, -0.2) is 17.7 Å². The van der Waals surface area contributed by atoms with E-state index in [0.717, 1.165) is 0 Å². The van der Waals surface area contributed by atoms with E-state index < -0.39 is 23.8 Å². The standard InChI is InChI=1S/C17H14ClN3O3/c18-10-5-7-11(8-6-10)19-17(24)21-14-9-15(22)16(23)20-13-4-2-1-3-12(13)14/h1-8,14H,9H2,(H,20,23)(H2,19,21,24). The fourth-order valence-corrected chi connectivity index (χ4v) is 2.61. The van der Waals surface area contributed by atoms with Crippen molar-refractivity contribution < 1.29 is 14.4 Å². The third-order valence-electron chi connectivity index (χ3n) is 3.63. The van der Waals surface area contributed by atoms with Gasteiger partial charge in [-0.05, 0) is 35.9 Å². The highest BCUT2D eigenvalue weighted by atomic mass is 35.5. The number of carbonyl (C=O) groups is 3. The number of hydrogen-bond donors (Lipinski definition) is 3. The molecule has 1 heterocycles. The van der Waals surface area contributed by atoms with Gasteiger partial charge in [0.25, 0.3) is 5.91 Å². The number of halogens is 1. The summed E-state index contributed by atoms with van der Waals surface area (Å²) in [6.07, 6.45) is -0.100. The second kappa shape index (κ2) is 6.72. The van der Waals surface area contributed by atoms with Crippen molar-refractivity contribution in [2.75, 3.05) is 10.6 Å². The van der Waals surface area contributed by atoms with E-state index in [-0.39, 0.29) is 6.42 Å². The number of carbonyl (C=O) groups excluding carboxylic acids is 3. The number of nitrogens with one attached hydrogen (secondary N) is 3. The van der Waals surface area contributed by atoms with Gasteiger partial charge in [-0.25, -0.2) is 4.79 Å². The van der Waals surface area contributed by atoms with Crippen LogP contribution in [-0.2, 0) is 9.59 Å². The molecule has 7 heteroatoms. The van der Waals surface area contributed by atoms with E-state index in [1.807, 2.05) is 0 Å². The third-order valence-corrected chi connectivity index (χ3v) is 3.89. The Morgan fingerprint density at radius 1 is 1.08 bits per heavy atom. The van der Waals surface area contributed by atoms with E-state index in [1.54, 1.807) is 48.5 Å². The molecule has 2 aromatic carbocycles. The zero-order chi connectivity index (χ0) is 17.1. The first-order chi connectivity index (χ1) is 11.5. The highest BCUT2D eigenvalue weighted by Crippen LogP contribution is 2.28. The first kappa shape index (κ1) is 16.0. The van der Waals surface area contributed by atoms with Gasteiger partial charge in [0.1, 0.15) is 0 Å². The number of amides is 3. The summed E-state index contributed by atoms with van der Waals surface area (Å²) < 4.78 is 0. The van der Waals surface area contributed by atoms with Gasteiger partial charge < -0.3 is 16.0 Å². The second-order valence-corrected chi connectivity index (χ2v) is 5.76. The molecule has 3 amide bonds. The zero-order valence-corrected chi connectivity index (χ0v) is 13.3. The lowest BCUT2D eigenvalue weighted by Gasteiger charge is -2.18. The Labute approximate surface area is 143 Å². The second-order valence-electron chi connectivity index (χ2n) is 5.33. The number of Topliss-reactive ketones (excluding diaryl/α,β-unsaturated/α-hetero) is 1. The number of para-hydroxylation sites is 1. The maximum atomic E-state index is 12.2. The molecule has 0 aliphatic carbocycles. The fourth-order valence-electron chi connectivity index (χ4n) is 2.48. The Morgan fingerprint density at radius 2 is 1.79 bits per heavy atom. The van der Waals surface area contributed by atoms with E-state index in [1.165, 1.54) is 0 Å². The summed E-state index contributed by atoms with van der Waals surface area (Å²) >= 11 is 5.80. The zero-order valence-electron chi connectivity index (χ0n) is 12.5.